The molecule has 1 N–H and O–H groups in total. The Morgan fingerprint density at radius 1 is 1.30 bits per heavy atom. The molecule has 2 fully saturated rings. The first kappa shape index (κ1) is 12.4. The number of nitrogens with one attached hydrogen (secondary N) is 1. The highest BCUT2D eigenvalue weighted by Crippen LogP contribution is 2.45. The molecule has 2 atom stereocenters. The summed E-state index contributed by atoms with van der Waals surface area (Å²) in [7, 11) is 2.04. The van der Waals surface area contributed by atoms with Gasteiger partial charge in [0.05, 0.1) is 11.2 Å². The van der Waals surface area contributed by atoms with Crippen LogP contribution in [0.1, 0.15) is 43.4 Å². The second kappa shape index (κ2) is 4.32. The van der Waals surface area contributed by atoms with E-state index in [1.165, 1.54) is 55.1 Å². The van der Waals surface area contributed by atoms with Crippen molar-refractivity contribution in [1.82, 2.24) is 15.1 Å². The van der Waals surface area contributed by atoms with Crippen LogP contribution in [-0.2, 0) is 12.5 Å². The molecule has 106 valence electrons. The average molecular weight is 269 g/mol. The van der Waals surface area contributed by atoms with Gasteiger partial charge >= 0.3 is 0 Å². The maximum Gasteiger partial charge on any atom is 0.0682 e. The van der Waals surface area contributed by atoms with E-state index < -0.39 is 0 Å². The van der Waals surface area contributed by atoms with Crippen molar-refractivity contribution in [2.75, 3.05) is 6.54 Å². The molecule has 1 aromatic heterocycles. The van der Waals surface area contributed by atoms with E-state index in [1.807, 2.05) is 11.7 Å². The van der Waals surface area contributed by atoms with Crippen LogP contribution in [0.25, 0.3) is 10.9 Å². The molecule has 3 heteroatoms. The number of aryl methyl sites for hydroxylation is 2. The highest BCUT2D eigenvalue weighted by molar-refractivity contribution is 5.82. The zero-order valence-electron chi connectivity index (χ0n) is 12.4. The maximum atomic E-state index is 4.56. The largest absolute Gasteiger partial charge is 0.313 e. The van der Waals surface area contributed by atoms with Gasteiger partial charge in [-0.05, 0) is 50.4 Å². The van der Waals surface area contributed by atoms with E-state index in [0.717, 1.165) is 5.69 Å². The average Bonchev–Trinajstić information content (AvgIpc) is 3.02. The van der Waals surface area contributed by atoms with Crippen LogP contribution in [0, 0.1) is 6.92 Å². The molecule has 1 aliphatic carbocycles. The molecular weight excluding hydrogens is 246 g/mol. The van der Waals surface area contributed by atoms with Crippen molar-refractivity contribution in [1.29, 1.82) is 0 Å². The molecule has 0 unspecified atom stereocenters. The number of hydrogen-bond donors (Lipinski definition) is 1. The molecule has 2 heterocycles. The first-order chi connectivity index (χ1) is 9.71. The minimum Gasteiger partial charge on any atom is -0.313 e. The van der Waals surface area contributed by atoms with Crippen LogP contribution in [0.4, 0.5) is 0 Å². The van der Waals surface area contributed by atoms with Crippen molar-refractivity contribution in [2.45, 2.75) is 50.5 Å². The molecule has 0 amide bonds. The summed E-state index contributed by atoms with van der Waals surface area (Å²) in [5.74, 6) is 0. The van der Waals surface area contributed by atoms with E-state index in [4.69, 9.17) is 0 Å². The van der Waals surface area contributed by atoms with E-state index in [1.54, 1.807) is 0 Å². The summed E-state index contributed by atoms with van der Waals surface area (Å²) in [6.45, 7) is 3.30. The van der Waals surface area contributed by atoms with Crippen molar-refractivity contribution >= 4 is 10.9 Å². The highest BCUT2D eigenvalue weighted by Gasteiger charge is 2.45. The van der Waals surface area contributed by atoms with E-state index >= 15 is 0 Å². The lowest BCUT2D eigenvalue weighted by atomic mass is 9.66. The highest BCUT2D eigenvalue weighted by atomic mass is 15.3. The van der Waals surface area contributed by atoms with Crippen molar-refractivity contribution in [3.63, 3.8) is 0 Å². The van der Waals surface area contributed by atoms with Gasteiger partial charge in [0.15, 0.2) is 0 Å². The van der Waals surface area contributed by atoms with Crippen molar-refractivity contribution in [3.8, 4) is 0 Å². The molecule has 20 heavy (non-hydrogen) atoms. The summed E-state index contributed by atoms with van der Waals surface area (Å²) < 4.78 is 2.00. The second-order valence-corrected chi connectivity index (χ2v) is 6.60. The van der Waals surface area contributed by atoms with Crippen LogP contribution in [0.15, 0.2) is 18.2 Å². The zero-order chi connectivity index (χ0) is 13.7. The van der Waals surface area contributed by atoms with E-state index in [2.05, 4.69) is 35.5 Å². The topological polar surface area (TPSA) is 29.9 Å². The Bertz CT molecular complexity index is 658. The van der Waals surface area contributed by atoms with Crippen molar-refractivity contribution < 1.29 is 0 Å². The quantitative estimate of drug-likeness (QED) is 0.862. The third-order valence-corrected chi connectivity index (χ3v) is 5.60. The molecule has 2 aromatic rings. The van der Waals surface area contributed by atoms with Gasteiger partial charge in [0.25, 0.3) is 0 Å². The van der Waals surface area contributed by atoms with E-state index in [9.17, 15) is 0 Å². The molecular formula is C17H23N3. The fourth-order valence-corrected chi connectivity index (χ4v) is 4.55. The Kier molecular flexibility index (Phi) is 2.68. The summed E-state index contributed by atoms with van der Waals surface area (Å²) in [6, 6.07) is 7.73. The number of rotatable bonds is 1. The monoisotopic (exact) mass is 269 g/mol. The molecule has 0 spiro atoms. The Labute approximate surface area is 120 Å². The van der Waals surface area contributed by atoms with E-state index in [0.29, 0.717) is 11.5 Å². The third kappa shape index (κ3) is 1.59. The molecule has 4 rings (SSSR count). The van der Waals surface area contributed by atoms with Crippen LogP contribution in [0.2, 0.25) is 0 Å². The van der Waals surface area contributed by atoms with Gasteiger partial charge in [-0.25, -0.2) is 0 Å². The maximum absolute atomic E-state index is 4.56. The fraction of sp³-hybridized carbons (Fsp3) is 0.588. The van der Waals surface area contributed by atoms with Crippen molar-refractivity contribution in [2.24, 2.45) is 7.05 Å². The number of aromatic nitrogens is 2. The lowest BCUT2D eigenvalue weighted by Crippen LogP contribution is -2.42. The predicted molar refractivity (Wildman–Crippen MR) is 82.0 cm³/mol. The van der Waals surface area contributed by atoms with Crippen LogP contribution >= 0.6 is 0 Å². The standard InChI is InChI=1S/C17H23N3/c1-12-14-11-13(6-7-15(14)20(2)19-12)17-8-4-3-5-16(17)18-10-9-17/h6-7,11,16,18H,3-5,8-10H2,1-2H3/t16-,17-/m0/s1. The van der Waals surface area contributed by atoms with Crippen LogP contribution in [-0.4, -0.2) is 22.4 Å². The Morgan fingerprint density at radius 3 is 3.10 bits per heavy atom. The SMILES string of the molecule is Cc1nn(C)c2ccc([C@@]34CCCC[C@@H]3NCC4)cc12. The summed E-state index contributed by atoms with van der Waals surface area (Å²) in [5, 5.41) is 9.63. The molecule has 0 radical (unpaired) electrons. The van der Waals surface area contributed by atoms with Gasteiger partial charge in [0.1, 0.15) is 0 Å². The van der Waals surface area contributed by atoms with Crippen LogP contribution in [0.3, 0.4) is 0 Å². The number of benzene rings is 1. The van der Waals surface area contributed by atoms with Crippen LogP contribution < -0.4 is 5.32 Å². The Hall–Kier alpha value is -1.35. The molecule has 0 bridgehead atoms. The second-order valence-electron chi connectivity index (χ2n) is 6.60. The molecule has 2 aliphatic rings. The number of fused-ring (bicyclic) bond motifs is 2. The normalized spacial score (nSPS) is 29.8. The number of nitrogens with zero attached hydrogens (tertiary/aromatic N) is 2. The third-order valence-electron chi connectivity index (χ3n) is 5.60. The van der Waals surface area contributed by atoms with Gasteiger partial charge in [0, 0.05) is 23.9 Å². The predicted octanol–water partition coefficient (Wildman–Crippen LogP) is 3.06. The lowest BCUT2D eigenvalue weighted by Gasteiger charge is -2.39. The summed E-state index contributed by atoms with van der Waals surface area (Å²) in [5.41, 5.74) is 4.32. The zero-order valence-corrected chi connectivity index (χ0v) is 12.4. The van der Waals surface area contributed by atoms with Gasteiger partial charge < -0.3 is 5.32 Å². The van der Waals surface area contributed by atoms with Crippen molar-refractivity contribution in [3.05, 3.63) is 29.5 Å². The Balaban J connectivity index is 1.87. The lowest BCUT2D eigenvalue weighted by molar-refractivity contribution is 0.267. The molecule has 3 nitrogen and oxygen atoms in total. The summed E-state index contributed by atoms with van der Waals surface area (Å²) in [4.78, 5) is 0. The first-order valence-electron chi connectivity index (χ1n) is 7.88. The van der Waals surface area contributed by atoms with Gasteiger partial charge in [-0.3, -0.25) is 4.68 Å². The molecule has 1 saturated carbocycles. The molecule has 1 aliphatic heterocycles. The molecule has 1 aromatic carbocycles. The van der Waals surface area contributed by atoms with Gasteiger partial charge in [-0.15, -0.1) is 0 Å². The number of hydrogen-bond acceptors (Lipinski definition) is 2. The molecule has 1 saturated heterocycles. The minimum absolute atomic E-state index is 0.384. The smallest absolute Gasteiger partial charge is 0.0682 e. The summed E-state index contributed by atoms with van der Waals surface area (Å²) in [6.07, 6.45) is 6.73. The van der Waals surface area contributed by atoms with Gasteiger partial charge in [0.2, 0.25) is 0 Å². The fourth-order valence-electron chi connectivity index (χ4n) is 4.55. The van der Waals surface area contributed by atoms with Gasteiger partial charge in [-0.1, -0.05) is 18.9 Å². The first-order valence-corrected chi connectivity index (χ1v) is 7.88. The van der Waals surface area contributed by atoms with Crippen LogP contribution in [0.5, 0.6) is 0 Å². The minimum atomic E-state index is 0.384. The van der Waals surface area contributed by atoms with Gasteiger partial charge in [-0.2, -0.15) is 5.10 Å². The Morgan fingerprint density at radius 2 is 2.20 bits per heavy atom. The van der Waals surface area contributed by atoms with E-state index in [-0.39, 0.29) is 0 Å². The summed E-state index contributed by atoms with van der Waals surface area (Å²) >= 11 is 0.